The molecule has 0 spiro atoms. The van der Waals surface area contributed by atoms with Gasteiger partial charge in [-0.25, -0.2) is 0 Å². The minimum Gasteiger partial charge on any atom is -0.411 e. The number of aryl methyl sites for hydroxylation is 2. The zero-order valence-corrected chi connectivity index (χ0v) is 7.40. The first-order valence-electron chi connectivity index (χ1n) is 3.68. The van der Waals surface area contributed by atoms with Crippen molar-refractivity contribution in [3.05, 3.63) is 33.4 Å². The van der Waals surface area contributed by atoms with E-state index in [1.807, 2.05) is 0 Å². The van der Waals surface area contributed by atoms with Gasteiger partial charge in [-0.05, 0) is 19.9 Å². The molecule has 0 heterocycles. The lowest BCUT2D eigenvalue weighted by atomic mass is 10.1. The van der Waals surface area contributed by atoms with Gasteiger partial charge in [0, 0.05) is 17.2 Å². The summed E-state index contributed by atoms with van der Waals surface area (Å²) < 4.78 is 0. The molecule has 0 saturated carbocycles. The van der Waals surface area contributed by atoms with Crippen molar-refractivity contribution in [3.8, 4) is 5.75 Å². The van der Waals surface area contributed by atoms with Gasteiger partial charge in [0.15, 0.2) is 0 Å². The second-order valence-electron chi connectivity index (χ2n) is 2.78. The first-order valence-corrected chi connectivity index (χ1v) is 3.68. The van der Waals surface area contributed by atoms with Crippen LogP contribution in [0.4, 0.5) is 5.69 Å². The van der Waals surface area contributed by atoms with Crippen molar-refractivity contribution in [2.24, 2.45) is 5.90 Å². The van der Waals surface area contributed by atoms with Crippen LogP contribution in [0.3, 0.4) is 0 Å². The Labute approximate surface area is 75.2 Å². The highest BCUT2D eigenvalue weighted by Gasteiger charge is 2.13. The van der Waals surface area contributed by atoms with Crippen molar-refractivity contribution in [1.29, 1.82) is 0 Å². The molecule has 0 saturated heterocycles. The zero-order chi connectivity index (χ0) is 10.0. The molecule has 0 aromatic heterocycles. The lowest BCUT2D eigenvalue weighted by molar-refractivity contribution is -0.385. The van der Waals surface area contributed by atoms with Crippen LogP contribution in [0.25, 0.3) is 0 Å². The third kappa shape index (κ3) is 1.75. The van der Waals surface area contributed by atoms with E-state index in [9.17, 15) is 10.1 Å². The molecule has 0 aliphatic heterocycles. The maximum Gasteiger partial charge on any atom is 0.272 e. The fraction of sp³-hybridized carbons (Fsp3) is 0.250. The molecule has 1 rings (SSSR count). The van der Waals surface area contributed by atoms with Gasteiger partial charge in [-0.1, -0.05) is 0 Å². The van der Waals surface area contributed by atoms with Crippen molar-refractivity contribution in [3.63, 3.8) is 0 Å². The number of nitro groups is 1. The fourth-order valence-corrected chi connectivity index (χ4v) is 1.10. The smallest absolute Gasteiger partial charge is 0.272 e. The van der Waals surface area contributed by atoms with Crippen LogP contribution in [-0.4, -0.2) is 4.92 Å². The molecular weight excluding hydrogens is 172 g/mol. The van der Waals surface area contributed by atoms with Gasteiger partial charge in [0.25, 0.3) is 5.69 Å². The Morgan fingerprint density at radius 2 is 2.00 bits per heavy atom. The van der Waals surface area contributed by atoms with E-state index >= 15 is 0 Å². The maximum atomic E-state index is 10.5. The van der Waals surface area contributed by atoms with Gasteiger partial charge < -0.3 is 4.84 Å². The lowest BCUT2D eigenvalue weighted by Crippen LogP contribution is -2.04. The molecule has 70 valence electrons. The summed E-state index contributed by atoms with van der Waals surface area (Å²) in [5, 5.41) is 10.5. The molecule has 0 amide bonds. The normalized spacial score (nSPS) is 9.77. The van der Waals surface area contributed by atoms with E-state index in [1.165, 1.54) is 6.07 Å². The lowest BCUT2D eigenvalue weighted by Gasteiger charge is -2.04. The van der Waals surface area contributed by atoms with Gasteiger partial charge in [-0.3, -0.25) is 10.1 Å². The minimum atomic E-state index is -0.428. The Morgan fingerprint density at radius 1 is 1.38 bits per heavy atom. The molecule has 13 heavy (non-hydrogen) atoms. The number of benzene rings is 1. The predicted molar refractivity (Wildman–Crippen MR) is 47.4 cm³/mol. The van der Waals surface area contributed by atoms with Crippen molar-refractivity contribution in [2.45, 2.75) is 13.8 Å². The number of hydrogen-bond acceptors (Lipinski definition) is 4. The van der Waals surface area contributed by atoms with E-state index < -0.39 is 4.92 Å². The molecule has 5 heteroatoms. The molecule has 0 bridgehead atoms. The number of nitro benzene ring substituents is 1. The number of nitrogens with two attached hydrogens (primary N) is 1. The summed E-state index contributed by atoms with van der Waals surface area (Å²) >= 11 is 0. The second-order valence-corrected chi connectivity index (χ2v) is 2.78. The highest BCUT2D eigenvalue weighted by atomic mass is 16.6. The van der Waals surface area contributed by atoms with E-state index in [0.29, 0.717) is 16.9 Å². The second kappa shape index (κ2) is 3.40. The highest BCUT2D eigenvalue weighted by molar-refractivity contribution is 5.49. The van der Waals surface area contributed by atoms with Crippen molar-refractivity contribution in [1.82, 2.24) is 0 Å². The van der Waals surface area contributed by atoms with Gasteiger partial charge in [0.2, 0.25) is 0 Å². The van der Waals surface area contributed by atoms with E-state index in [1.54, 1.807) is 19.9 Å². The molecule has 0 radical (unpaired) electrons. The first kappa shape index (κ1) is 9.47. The Kier molecular flexibility index (Phi) is 2.48. The van der Waals surface area contributed by atoms with Crippen LogP contribution >= 0.6 is 0 Å². The van der Waals surface area contributed by atoms with Crippen molar-refractivity contribution >= 4 is 5.69 Å². The van der Waals surface area contributed by atoms with Gasteiger partial charge in [0.05, 0.1) is 4.92 Å². The van der Waals surface area contributed by atoms with E-state index in [4.69, 9.17) is 5.90 Å². The zero-order valence-electron chi connectivity index (χ0n) is 7.40. The van der Waals surface area contributed by atoms with Gasteiger partial charge in [0.1, 0.15) is 5.75 Å². The Hall–Kier alpha value is -1.62. The number of rotatable bonds is 2. The van der Waals surface area contributed by atoms with Crippen LogP contribution in [0.15, 0.2) is 12.1 Å². The SMILES string of the molecule is Cc1cc([N+](=O)[O-])c(C)cc1ON. The first-order chi connectivity index (χ1) is 6.06. The average Bonchev–Trinajstić information content (AvgIpc) is 2.07. The highest BCUT2D eigenvalue weighted by Crippen LogP contribution is 2.26. The topological polar surface area (TPSA) is 78.4 Å². The largest absolute Gasteiger partial charge is 0.411 e. The van der Waals surface area contributed by atoms with Crippen LogP contribution < -0.4 is 10.7 Å². The third-order valence-corrected chi connectivity index (χ3v) is 1.82. The molecule has 0 aliphatic carbocycles. The third-order valence-electron chi connectivity index (χ3n) is 1.82. The molecule has 0 atom stereocenters. The molecular formula is C8H10N2O3. The Balaban J connectivity index is 3.28. The minimum absolute atomic E-state index is 0.0818. The number of nitrogens with zero attached hydrogens (tertiary/aromatic N) is 1. The van der Waals surface area contributed by atoms with Crippen LogP contribution in [0.5, 0.6) is 5.75 Å². The summed E-state index contributed by atoms with van der Waals surface area (Å²) in [7, 11) is 0. The summed E-state index contributed by atoms with van der Waals surface area (Å²) in [6.07, 6.45) is 0. The van der Waals surface area contributed by atoms with Crippen molar-refractivity contribution < 1.29 is 9.76 Å². The van der Waals surface area contributed by atoms with Crippen LogP contribution in [0, 0.1) is 24.0 Å². The van der Waals surface area contributed by atoms with Crippen LogP contribution in [0.1, 0.15) is 11.1 Å². The molecule has 0 unspecified atom stereocenters. The summed E-state index contributed by atoms with van der Waals surface area (Å²) in [4.78, 5) is 14.6. The summed E-state index contributed by atoms with van der Waals surface area (Å²) in [5.74, 6) is 5.44. The molecule has 0 fully saturated rings. The number of hydrogen-bond donors (Lipinski definition) is 1. The molecule has 5 nitrogen and oxygen atoms in total. The van der Waals surface area contributed by atoms with E-state index in [-0.39, 0.29) is 5.69 Å². The van der Waals surface area contributed by atoms with Gasteiger partial charge in [-0.2, -0.15) is 5.90 Å². The standard InChI is InChI=1S/C8H10N2O3/c1-5-4-8(13-9)6(2)3-7(5)10(11)12/h3-4H,9H2,1-2H3. The van der Waals surface area contributed by atoms with Crippen molar-refractivity contribution in [2.75, 3.05) is 0 Å². The Bertz CT molecular complexity index is 349. The molecule has 1 aromatic rings. The van der Waals surface area contributed by atoms with Crippen LogP contribution in [0.2, 0.25) is 0 Å². The summed E-state index contributed by atoms with van der Waals surface area (Å²) in [6.45, 7) is 3.34. The predicted octanol–water partition coefficient (Wildman–Crippen LogP) is 1.46. The average molecular weight is 182 g/mol. The molecule has 2 N–H and O–H groups in total. The Morgan fingerprint density at radius 3 is 2.46 bits per heavy atom. The summed E-state index contributed by atoms with van der Waals surface area (Å²) in [6, 6.07) is 2.99. The molecule has 0 aliphatic rings. The molecule has 1 aromatic carbocycles. The van der Waals surface area contributed by atoms with E-state index in [0.717, 1.165) is 0 Å². The van der Waals surface area contributed by atoms with Gasteiger partial charge >= 0.3 is 0 Å². The quantitative estimate of drug-likeness (QED) is 0.554. The fourth-order valence-electron chi connectivity index (χ4n) is 1.10. The maximum absolute atomic E-state index is 10.5. The van der Waals surface area contributed by atoms with Crippen LogP contribution in [-0.2, 0) is 0 Å². The van der Waals surface area contributed by atoms with Gasteiger partial charge in [-0.15, -0.1) is 0 Å². The monoisotopic (exact) mass is 182 g/mol. The summed E-state index contributed by atoms with van der Waals surface area (Å²) in [5.41, 5.74) is 1.27. The van der Waals surface area contributed by atoms with E-state index in [2.05, 4.69) is 4.84 Å².